The highest BCUT2D eigenvalue weighted by Crippen LogP contribution is 2.25. The summed E-state index contributed by atoms with van der Waals surface area (Å²) >= 11 is 1.53. The Labute approximate surface area is 125 Å². The van der Waals surface area contributed by atoms with Crippen molar-refractivity contribution in [2.45, 2.75) is 19.8 Å². The molecule has 0 saturated heterocycles. The van der Waals surface area contributed by atoms with E-state index >= 15 is 0 Å². The number of hydrogen-bond donors (Lipinski definition) is 2. The standard InChI is InChI=1S/C14H14N4O2S/c1-2-4-9-7-13(17-16-9)15-14(19)10-8-11(20-18-10)12-5-3-6-21-12/h3,5-8H,2,4H2,1H3,(H2,15,16,17,19). The largest absolute Gasteiger partial charge is 0.355 e. The molecule has 0 radical (unpaired) electrons. The number of hydrogen-bond acceptors (Lipinski definition) is 5. The monoisotopic (exact) mass is 302 g/mol. The number of carbonyl (C=O) groups is 1. The molecule has 0 aliphatic carbocycles. The molecule has 3 heterocycles. The number of amides is 1. The van der Waals surface area contributed by atoms with Gasteiger partial charge in [-0.2, -0.15) is 5.10 Å². The number of anilines is 1. The summed E-state index contributed by atoms with van der Waals surface area (Å²) in [4.78, 5) is 13.0. The first-order valence-corrected chi connectivity index (χ1v) is 7.50. The van der Waals surface area contributed by atoms with Gasteiger partial charge in [-0.1, -0.05) is 24.6 Å². The summed E-state index contributed by atoms with van der Waals surface area (Å²) in [7, 11) is 0. The number of rotatable bonds is 5. The van der Waals surface area contributed by atoms with Gasteiger partial charge in [-0.15, -0.1) is 11.3 Å². The van der Waals surface area contributed by atoms with Crippen LogP contribution in [0.1, 0.15) is 29.5 Å². The van der Waals surface area contributed by atoms with E-state index in [2.05, 4.69) is 27.6 Å². The first kappa shape index (κ1) is 13.6. The lowest BCUT2D eigenvalue weighted by Gasteiger charge is -1.95. The van der Waals surface area contributed by atoms with Crippen LogP contribution in [-0.2, 0) is 6.42 Å². The molecular weight excluding hydrogens is 288 g/mol. The SMILES string of the molecule is CCCc1cc(NC(=O)c2cc(-c3cccs3)on2)n[nH]1. The molecule has 108 valence electrons. The fourth-order valence-corrected chi connectivity index (χ4v) is 2.59. The Hall–Kier alpha value is -2.41. The average Bonchev–Trinajstić information content (AvgIpc) is 3.20. The van der Waals surface area contributed by atoms with E-state index in [0.717, 1.165) is 23.4 Å². The molecule has 7 heteroatoms. The van der Waals surface area contributed by atoms with Crippen molar-refractivity contribution >= 4 is 23.1 Å². The molecule has 21 heavy (non-hydrogen) atoms. The zero-order valence-electron chi connectivity index (χ0n) is 11.4. The van der Waals surface area contributed by atoms with Gasteiger partial charge < -0.3 is 9.84 Å². The van der Waals surface area contributed by atoms with Crippen LogP contribution >= 0.6 is 11.3 Å². The number of nitrogens with zero attached hydrogens (tertiary/aromatic N) is 2. The van der Waals surface area contributed by atoms with E-state index in [0.29, 0.717) is 11.6 Å². The lowest BCUT2D eigenvalue weighted by atomic mass is 10.2. The summed E-state index contributed by atoms with van der Waals surface area (Å²) in [5.74, 6) is 0.740. The van der Waals surface area contributed by atoms with Crippen molar-refractivity contribution in [1.29, 1.82) is 0 Å². The topological polar surface area (TPSA) is 83.8 Å². The number of aryl methyl sites for hydroxylation is 1. The summed E-state index contributed by atoms with van der Waals surface area (Å²) < 4.78 is 5.18. The van der Waals surface area contributed by atoms with Crippen molar-refractivity contribution in [3.8, 4) is 10.6 Å². The molecule has 0 aliphatic rings. The number of aromatic amines is 1. The first-order chi connectivity index (χ1) is 10.3. The van der Waals surface area contributed by atoms with Gasteiger partial charge in [0.1, 0.15) is 0 Å². The van der Waals surface area contributed by atoms with Crippen LogP contribution in [0.5, 0.6) is 0 Å². The summed E-state index contributed by atoms with van der Waals surface area (Å²) in [5.41, 5.74) is 1.23. The molecule has 6 nitrogen and oxygen atoms in total. The van der Waals surface area contributed by atoms with Gasteiger partial charge in [-0.05, 0) is 17.9 Å². The van der Waals surface area contributed by atoms with Crippen LogP contribution in [0.15, 0.2) is 34.2 Å². The predicted octanol–water partition coefficient (Wildman–Crippen LogP) is 3.33. The lowest BCUT2D eigenvalue weighted by Crippen LogP contribution is -2.12. The van der Waals surface area contributed by atoms with Crippen LogP contribution in [0, 0.1) is 0 Å². The Bertz CT molecular complexity index is 730. The second-order valence-corrected chi connectivity index (χ2v) is 5.48. The second-order valence-electron chi connectivity index (χ2n) is 4.54. The Kier molecular flexibility index (Phi) is 3.83. The molecule has 0 unspecified atom stereocenters. The smallest absolute Gasteiger partial charge is 0.279 e. The maximum atomic E-state index is 12.1. The summed E-state index contributed by atoms with van der Waals surface area (Å²) in [6, 6.07) is 7.28. The van der Waals surface area contributed by atoms with Crippen LogP contribution < -0.4 is 5.32 Å². The molecule has 3 aromatic heterocycles. The number of nitrogens with one attached hydrogen (secondary N) is 2. The molecule has 1 amide bonds. The van der Waals surface area contributed by atoms with Crippen LogP contribution in [0.25, 0.3) is 10.6 Å². The molecule has 0 aliphatic heterocycles. The zero-order valence-corrected chi connectivity index (χ0v) is 12.2. The van der Waals surface area contributed by atoms with Gasteiger partial charge in [0.25, 0.3) is 5.91 Å². The lowest BCUT2D eigenvalue weighted by molar-refractivity contribution is 0.101. The third-order valence-corrected chi connectivity index (χ3v) is 3.78. The Morgan fingerprint density at radius 3 is 3.14 bits per heavy atom. The van der Waals surface area contributed by atoms with Gasteiger partial charge in [-0.25, -0.2) is 0 Å². The predicted molar refractivity (Wildman–Crippen MR) is 80.4 cm³/mol. The molecular formula is C14H14N4O2S. The van der Waals surface area contributed by atoms with E-state index in [-0.39, 0.29) is 11.6 Å². The molecule has 0 aromatic carbocycles. The molecule has 0 atom stereocenters. The number of carbonyl (C=O) groups excluding carboxylic acids is 1. The van der Waals surface area contributed by atoms with Crippen molar-refractivity contribution in [3.63, 3.8) is 0 Å². The highest BCUT2D eigenvalue weighted by atomic mass is 32.1. The Morgan fingerprint density at radius 1 is 1.48 bits per heavy atom. The van der Waals surface area contributed by atoms with Gasteiger partial charge >= 0.3 is 0 Å². The van der Waals surface area contributed by atoms with E-state index in [1.165, 1.54) is 11.3 Å². The highest BCUT2D eigenvalue weighted by Gasteiger charge is 2.15. The van der Waals surface area contributed by atoms with Crippen molar-refractivity contribution < 1.29 is 9.32 Å². The average molecular weight is 302 g/mol. The summed E-state index contributed by atoms with van der Waals surface area (Å²) in [6.45, 7) is 2.08. The quantitative estimate of drug-likeness (QED) is 0.757. The number of thiophene rings is 1. The van der Waals surface area contributed by atoms with Gasteiger partial charge in [0.05, 0.1) is 4.88 Å². The fourth-order valence-electron chi connectivity index (χ4n) is 1.92. The third kappa shape index (κ3) is 3.03. The van der Waals surface area contributed by atoms with Gasteiger partial charge in [-0.3, -0.25) is 9.89 Å². The van der Waals surface area contributed by atoms with Crippen molar-refractivity contribution in [2.75, 3.05) is 5.32 Å². The fraction of sp³-hybridized carbons (Fsp3) is 0.214. The second kappa shape index (κ2) is 5.92. The molecule has 3 rings (SSSR count). The minimum Gasteiger partial charge on any atom is -0.355 e. The molecule has 2 N–H and O–H groups in total. The van der Waals surface area contributed by atoms with Crippen molar-refractivity contribution in [2.24, 2.45) is 0 Å². The molecule has 0 spiro atoms. The molecule has 0 bridgehead atoms. The van der Waals surface area contributed by atoms with Crippen LogP contribution in [0.3, 0.4) is 0 Å². The van der Waals surface area contributed by atoms with E-state index < -0.39 is 0 Å². The maximum absolute atomic E-state index is 12.1. The van der Waals surface area contributed by atoms with E-state index in [4.69, 9.17) is 4.52 Å². The van der Waals surface area contributed by atoms with E-state index in [1.54, 1.807) is 6.07 Å². The van der Waals surface area contributed by atoms with Crippen molar-refractivity contribution in [3.05, 3.63) is 41.0 Å². The number of H-pyrrole nitrogens is 1. The maximum Gasteiger partial charge on any atom is 0.279 e. The molecule has 0 fully saturated rings. The highest BCUT2D eigenvalue weighted by molar-refractivity contribution is 7.13. The van der Waals surface area contributed by atoms with E-state index in [9.17, 15) is 4.79 Å². The Morgan fingerprint density at radius 2 is 2.38 bits per heavy atom. The van der Waals surface area contributed by atoms with Gasteiger partial charge in [0.2, 0.25) is 0 Å². The number of aromatic nitrogens is 3. The van der Waals surface area contributed by atoms with Crippen LogP contribution in [-0.4, -0.2) is 21.3 Å². The molecule has 0 saturated carbocycles. The minimum absolute atomic E-state index is 0.235. The summed E-state index contributed by atoms with van der Waals surface area (Å²) in [5, 5.41) is 15.4. The van der Waals surface area contributed by atoms with E-state index in [1.807, 2.05) is 23.6 Å². The Balaban J connectivity index is 1.70. The summed E-state index contributed by atoms with van der Waals surface area (Å²) in [6.07, 6.45) is 1.92. The van der Waals surface area contributed by atoms with Crippen LogP contribution in [0.2, 0.25) is 0 Å². The molecule has 3 aromatic rings. The van der Waals surface area contributed by atoms with Gasteiger partial charge in [0.15, 0.2) is 17.3 Å². The van der Waals surface area contributed by atoms with Gasteiger partial charge in [0, 0.05) is 17.8 Å². The minimum atomic E-state index is -0.337. The van der Waals surface area contributed by atoms with Crippen LogP contribution in [0.4, 0.5) is 5.82 Å². The first-order valence-electron chi connectivity index (χ1n) is 6.62. The zero-order chi connectivity index (χ0) is 14.7. The third-order valence-electron chi connectivity index (χ3n) is 2.90. The normalized spacial score (nSPS) is 10.7. The van der Waals surface area contributed by atoms with Crippen molar-refractivity contribution in [1.82, 2.24) is 15.4 Å².